The molecule has 0 unspecified atom stereocenters. The zero-order valence-corrected chi connectivity index (χ0v) is 39.3. The molecule has 0 N–H and O–H groups in total. The van der Waals surface area contributed by atoms with Gasteiger partial charge >= 0.3 is 0 Å². The fraction of sp³-hybridized carbons (Fsp3) is 0.228. The molecule has 0 radical (unpaired) electrons. The van der Waals surface area contributed by atoms with Crippen molar-refractivity contribution >= 4 is 21.8 Å². The van der Waals surface area contributed by atoms with Crippen LogP contribution in [0.25, 0.3) is 61.3 Å². The van der Waals surface area contributed by atoms with Crippen LogP contribution in [0.3, 0.4) is 0 Å². The van der Waals surface area contributed by atoms with Gasteiger partial charge in [0.05, 0.1) is 12.5 Å². The summed E-state index contributed by atoms with van der Waals surface area (Å²) in [7, 11) is 0. The number of nitrogens with zero attached hydrogens (tertiary/aromatic N) is 4. The van der Waals surface area contributed by atoms with Gasteiger partial charge in [-0.05, 0) is 97.8 Å². The van der Waals surface area contributed by atoms with Crippen LogP contribution >= 0.6 is 0 Å². The van der Waals surface area contributed by atoms with Gasteiger partial charge in [0.15, 0.2) is 0 Å². The smallest absolute Gasteiger partial charge is 0.267 e. The Hall–Kier alpha value is -6.03. The second-order valence-corrected chi connectivity index (χ2v) is 18.0. The molecule has 0 bridgehead atoms. The summed E-state index contributed by atoms with van der Waals surface area (Å²) in [5, 5.41) is 2.15. The maximum atomic E-state index is 9.04. The van der Waals surface area contributed by atoms with Crippen LogP contribution in [-0.4, -0.2) is 14.1 Å². The molecule has 9 rings (SSSR count). The van der Waals surface area contributed by atoms with E-state index in [0.29, 0.717) is 34.4 Å². The molecular formula is C57H54N4OPt-2. The number of pyridine rings is 1. The summed E-state index contributed by atoms with van der Waals surface area (Å²) >= 11 is 0. The van der Waals surface area contributed by atoms with E-state index in [-0.39, 0.29) is 49.5 Å². The summed E-state index contributed by atoms with van der Waals surface area (Å²) in [6, 6.07) is 40.0. The third-order valence-corrected chi connectivity index (χ3v) is 11.8. The Bertz CT molecular complexity index is 3300. The molecule has 0 aliphatic carbocycles. The van der Waals surface area contributed by atoms with Gasteiger partial charge in [-0.2, -0.15) is 18.2 Å². The van der Waals surface area contributed by atoms with E-state index in [9.17, 15) is 0 Å². The van der Waals surface area contributed by atoms with Crippen molar-refractivity contribution in [3.8, 4) is 50.9 Å². The molecule has 5 nitrogen and oxygen atoms in total. The predicted molar refractivity (Wildman–Crippen MR) is 254 cm³/mol. The van der Waals surface area contributed by atoms with Crippen molar-refractivity contribution in [2.24, 2.45) is 0 Å². The number of benzene rings is 6. The van der Waals surface area contributed by atoms with Gasteiger partial charge in [0.25, 0.3) is 6.33 Å². The maximum Gasteiger partial charge on any atom is 0.267 e. The van der Waals surface area contributed by atoms with Gasteiger partial charge in [-0.1, -0.05) is 146 Å². The molecule has 3 aromatic heterocycles. The quantitative estimate of drug-likeness (QED) is 0.101. The summed E-state index contributed by atoms with van der Waals surface area (Å²) in [6.07, 6.45) is 11.2. The standard InChI is InChI=1S/C57H54N4O.Pt/c1-9-39(10-2)41-28-29-58-54(34-41)61-52-25-15-14-22-50(52)51-27-26-47(37-53(51)61)62-46-21-16-20-45(36-46)59-30-31-60(38-59)55-48(40-18-12-11-13-19-40)23-17-24-49(55)42-32-43(56(3,4)5)35-44(33-42)57(6,7)8;/h11-35,39H,9-10H2,1-8H3;/q-2;/i11D,12D,13D,18D,19D;. The first-order chi connectivity index (χ1) is 32.0. The van der Waals surface area contributed by atoms with Crippen LogP contribution < -0.4 is 9.30 Å². The number of imidazole rings is 1. The van der Waals surface area contributed by atoms with Gasteiger partial charge in [0.2, 0.25) is 0 Å². The molecule has 0 saturated heterocycles. The van der Waals surface area contributed by atoms with Gasteiger partial charge in [-0.3, -0.25) is 4.57 Å². The minimum atomic E-state index is -0.439. The van der Waals surface area contributed by atoms with Crippen molar-refractivity contribution in [2.75, 3.05) is 0 Å². The molecule has 0 saturated carbocycles. The van der Waals surface area contributed by atoms with E-state index in [2.05, 4.69) is 133 Å². The summed E-state index contributed by atoms with van der Waals surface area (Å²) < 4.78 is 56.0. The average Bonchev–Trinajstić information content (AvgIpc) is 3.93. The third kappa shape index (κ3) is 8.69. The second kappa shape index (κ2) is 17.6. The molecule has 3 heterocycles. The van der Waals surface area contributed by atoms with E-state index in [4.69, 9.17) is 16.6 Å². The fourth-order valence-corrected chi connectivity index (χ4v) is 8.34. The van der Waals surface area contributed by atoms with Gasteiger partial charge < -0.3 is 13.9 Å². The molecule has 320 valence electrons. The van der Waals surface area contributed by atoms with Gasteiger partial charge in [0.1, 0.15) is 5.82 Å². The first-order valence-corrected chi connectivity index (χ1v) is 21.5. The maximum absolute atomic E-state index is 9.04. The Kier molecular flexibility index (Phi) is 10.5. The van der Waals surface area contributed by atoms with Crippen molar-refractivity contribution in [2.45, 2.75) is 85.0 Å². The number of fused-ring (bicyclic) bond motifs is 3. The van der Waals surface area contributed by atoms with Crippen LogP contribution in [0, 0.1) is 18.5 Å². The topological polar surface area (TPSA) is 35.9 Å². The minimum Gasteiger partial charge on any atom is -0.510 e. The molecule has 0 spiro atoms. The summed E-state index contributed by atoms with van der Waals surface area (Å²) in [6.45, 7) is 17.6. The molecule has 63 heavy (non-hydrogen) atoms. The van der Waals surface area contributed by atoms with E-state index < -0.39 is 18.1 Å². The van der Waals surface area contributed by atoms with E-state index in [0.717, 1.165) is 62.7 Å². The summed E-state index contributed by atoms with van der Waals surface area (Å²) in [4.78, 5) is 4.85. The van der Waals surface area contributed by atoms with Gasteiger partial charge in [-0.15, -0.1) is 29.7 Å². The molecule has 0 aliphatic heterocycles. The molecule has 6 aromatic carbocycles. The van der Waals surface area contributed by atoms with Crippen molar-refractivity contribution < 1.29 is 37.2 Å². The van der Waals surface area contributed by atoms with Crippen LogP contribution in [0.15, 0.2) is 152 Å². The number of hydrogen-bond donors (Lipinski definition) is 0. The monoisotopic (exact) mass is 1010 g/mol. The van der Waals surface area contributed by atoms with E-state index in [1.54, 1.807) is 0 Å². The number of rotatable bonds is 10. The predicted octanol–water partition coefficient (Wildman–Crippen LogP) is 14.3. The van der Waals surface area contributed by atoms with Crippen molar-refractivity contribution in [3.63, 3.8) is 0 Å². The average molecular weight is 1010 g/mol. The van der Waals surface area contributed by atoms with E-state index in [1.807, 2.05) is 76.3 Å². The first-order valence-electron chi connectivity index (χ1n) is 24.0. The molecule has 0 amide bonds. The first kappa shape index (κ1) is 37.5. The Balaban J connectivity index is 0.00000625. The van der Waals surface area contributed by atoms with Gasteiger partial charge in [0, 0.05) is 56.7 Å². The van der Waals surface area contributed by atoms with Crippen molar-refractivity contribution in [1.82, 2.24) is 14.1 Å². The summed E-state index contributed by atoms with van der Waals surface area (Å²) in [5.41, 5.74) is 8.79. The molecule has 0 aliphatic rings. The number of para-hydroxylation sites is 2. The van der Waals surface area contributed by atoms with Crippen LogP contribution in [0.2, 0.25) is 0 Å². The number of hydrogen-bond acceptors (Lipinski definition) is 2. The molecule has 0 atom stereocenters. The number of aromatic nitrogens is 4. The molecule has 6 heteroatoms. The Labute approximate surface area is 394 Å². The SMILES string of the molecule is [2H]c1c([2H])c([2H])c(-c2cccc(-c3cc(C(C)(C)C)cc(C(C)(C)C)c3)c2-[n+]2[c-]n(-c3[c-]c(Oc4[c-]c5c(cc4)c4ccccc4n5-c4cc(C(CC)CC)ccn4)ccc3)cc2)c([2H])c1[2H].[Pt]. The van der Waals surface area contributed by atoms with E-state index in [1.165, 1.54) is 5.56 Å². The van der Waals surface area contributed by atoms with Crippen molar-refractivity contribution in [1.29, 1.82) is 0 Å². The van der Waals surface area contributed by atoms with Crippen LogP contribution in [0.4, 0.5) is 0 Å². The molecular weight excluding hydrogens is 952 g/mol. The Morgan fingerprint density at radius 3 is 2.11 bits per heavy atom. The fourth-order valence-electron chi connectivity index (χ4n) is 8.34. The minimum absolute atomic E-state index is 0. The zero-order chi connectivity index (χ0) is 47.5. The van der Waals surface area contributed by atoms with Crippen LogP contribution in [-0.2, 0) is 31.9 Å². The second-order valence-electron chi connectivity index (χ2n) is 18.0. The number of ether oxygens (including phenoxy) is 1. The van der Waals surface area contributed by atoms with Gasteiger partial charge in [-0.25, -0.2) is 4.98 Å². The Morgan fingerprint density at radius 2 is 1.40 bits per heavy atom. The largest absolute Gasteiger partial charge is 0.510 e. The summed E-state index contributed by atoms with van der Waals surface area (Å²) in [5.74, 6) is 2.28. The zero-order valence-electron chi connectivity index (χ0n) is 42.1. The molecule has 0 fully saturated rings. The third-order valence-electron chi connectivity index (χ3n) is 11.8. The van der Waals surface area contributed by atoms with Crippen LogP contribution in [0.1, 0.15) is 97.7 Å². The van der Waals surface area contributed by atoms with E-state index >= 15 is 0 Å². The molecule has 9 aromatic rings. The Morgan fingerprint density at radius 1 is 0.714 bits per heavy atom. The van der Waals surface area contributed by atoms with Crippen molar-refractivity contribution in [3.05, 3.63) is 187 Å². The normalized spacial score (nSPS) is 13.1. The van der Waals surface area contributed by atoms with Crippen LogP contribution in [0.5, 0.6) is 11.5 Å².